The van der Waals surface area contributed by atoms with Gasteiger partial charge in [0.25, 0.3) is 0 Å². The third-order valence-electron chi connectivity index (χ3n) is 5.39. The fourth-order valence-corrected chi connectivity index (χ4v) is 3.36. The SMILES string of the molecule is CCCCCCCCCC(=O)Oc1ccc(C(=O)/C=C\c2ccc(C(C)C)cc2)cc1. The highest BCUT2D eigenvalue weighted by atomic mass is 16.5. The monoisotopic (exact) mass is 420 g/mol. The number of hydrogen-bond donors (Lipinski definition) is 0. The van der Waals surface area contributed by atoms with Gasteiger partial charge in [0.1, 0.15) is 5.75 Å². The molecule has 3 heteroatoms. The molecular weight excluding hydrogens is 384 g/mol. The molecule has 0 aromatic heterocycles. The molecule has 166 valence electrons. The van der Waals surface area contributed by atoms with E-state index in [2.05, 4.69) is 32.9 Å². The molecule has 0 aliphatic rings. The van der Waals surface area contributed by atoms with Gasteiger partial charge in [0.2, 0.25) is 0 Å². The van der Waals surface area contributed by atoms with Crippen molar-refractivity contribution in [1.82, 2.24) is 0 Å². The first-order valence-electron chi connectivity index (χ1n) is 11.6. The summed E-state index contributed by atoms with van der Waals surface area (Å²) in [5, 5.41) is 0. The Labute approximate surface area is 187 Å². The molecule has 2 aromatic rings. The molecule has 0 saturated carbocycles. The molecule has 0 atom stereocenters. The number of benzene rings is 2. The Kier molecular flexibility index (Phi) is 10.8. The van der Waals surface area contributed by atoms with Gasteiger partial charge in [-0.1, -0.05) is 89.6 Å². The molecule has 0 radical (unpaired) electrons. The van der Waals surface area contributed by atoms with Crippen molar-refractivity contribution in [2.75, 3.05) is 0 Å². The Bertz CT molecular complexity index is 830. The van der Waals surface area contributed by atoms with Crippen molar-refractivity contribution in [2.45, 2.75) is 78.1 Å². The van der Waals surface area contributed by atoms with E-state index in [1.165, 1.54) is 37.7 Å². The molecule has 3 nitrogen and oxygen atoms in total. The van der Waals surface area contributed by atoms with E-state index < -0.39 is 0 Å². The third-order valence-corrected chi connectivity index (χ3v) is 5.39. The van der Waals surface area contributed by atoms with Crippen LogP contribution in [0.1, 0.15) is 99.5 Å². The number of carbonyl (C=O) groups excluding carboxylic acids is 2. The van der Waals surface area contributed by atoms with E-state index in [4.69, 9.17) is 4.74 Å². The second kappa shape index (κ2) is 13.6. The lowest BCUT2D eigenvalue weighted by Crippen LogP contribution is -2.07. The topological polar surface area (TPSA) is 43.4 Å². The largest absolute Gasteiger partial charge is 0.427 e. The van der Waals surface area contributed by atoms with Crippen molar-refractivity contribution < 1.29 is 14.3 Å². The molecule has 0 aliphatic heterocycles. The fourth-order valence-electron chi connectivity index (χ4n) is 3.36. The number of esters is 1. The van der Waals surface area contributed by atoms with Crippen molar-refractivity contribution >= 4 is 17.8 Å². The van der Waals surface area contributed by atoms with E-state index >= 15 is 0 Å². The van der Waals surface area contributed by atoms with E-state index in [9.17, 15) is 9.59 Å². The van der Waals surface area contributed by atoms with Crippen LogP contribution in [0.2, 0.25) is 0 Å². The van der Waals surface area contributed by atoms with Gasteiger partial charge in [-0.05, 0) is 53.8 Å². The molecule has 0 fully saturated rings. The molecule has 0 amide bonds. The maximum Gasteiger partial charge on any atom is 0.311 e. The zero-order valence-corrected chi connectivity index (χ0v) is 19.2. The van der Waals surface area contributed by atoms with Gasteiger partial charge < -0.3 is 4.74 Å². The number of ketones is 1. The highest BCUT2D eigenvalue weighted by Crippen LogP contribution is 2.17. The van der Waals surface area contributed by atoms with Crippen LogP contribution in [0.5, 0.6) is 5.75 Å². The lowest BCUT2D eigenvalue weighted by atomic mass is 10.0. The van der Waals surface area contributed by atoms with Crippen molar-refractivity contribution in [3.8, 4) is 5.75 Å². The molecular formula is C28H36O3. The normalized spacial score (nSPS) is 11.2. The molecule has 0 bridgehead atoms. The average molecular weight is 421 g/mol. The highest BCUT2D eigenvalue weighted by Gasteiger charge is 2.07. The standard InChI is InChI=1S/C28H36O3/c1-4-5-6-7-8-9-10-11-28(30)31-26-19-17-25(18-20-26)27(29)21-14-23-12-15-24(16-13-23)22(2)3/h12-22H,4-11H2,1-3H3/b21-14-. The van der Waals surface area contributed by atoms with Crippen LogP contribution < -0.4 is 4.74 Å². The summed E-state index contributed by atoms with van der Waals surface area (Å²) in [6, 6.07) is 15.0. The van der Waals surface area contributed by atoms with E-state index in [0.717, 1.165) is 18.4 Å². The van der Waals surface area contributed by atoms with Gasteiger partial charge in [0, 0.05) is 12.0 Å². The van der Waals surface area contributed by atoms with E-state index in [0.29, 0.717) is 23.7 Å². The second-order valence-corrected chi connectivity index (χ2v) is 8.39. The Morgan fingerprint density at radius 3 is 2.06 bits per heavy atom. The summed E-state index contributed by atoms with van der Waals surface area (Å²) >= 11 is 0. The molecule has 0 unspecified atom stereocenters. The first kappa shape index (κ1) is 24.6. The van der Waals surface area contributed by atoms with Crippen LogP contribution in [0, 0.1) is 0 Å². The number of hydrogen-bond acceptors (Lipinski definition) is 3. The van der Waals surface area contributed by atoms with Crippen molar-refractivity contribution in [2.24, 2.45) is 0 Å². The van der Waals surface area contributed by atoms with Gasteiger partial charge >= 0.3 is 5.97 Å². The summed E-state index contributed by atoms with van der Waals surface area (Å²) in [5.41, 5.74) is 2.84. The number of ether oxygens (including phenoxy) is 1. The van der Waals surface area contributed by atoms with Crippen molar-refractivity contribution in [1.29, 1.82) is 0 Å². The van der Waals surface area contributed by atoms with E-state index in [1.54, 1.807) is 30.3 Å². The van der Waals surface area contributed by atoms with Crippen molar-refractivity contribution in [3.63, 3.8) is 0 Å². The van der Waals surface area contributed by atoms with Crippen LogP contribution in [-0.4, -0.2) is 11.8 Å². The van der Waals surface area contributed by atoms with Gasteiger partial charge in [-0.2, -0.15) is 0 Å². The second-order valence-electron chi connectivity index (χ2n) is 8.39. The molecule has 2 rings (SSSR count). The van der Waals surface area contributed by atoms with Gasteiger partial charge in [-0.3, -0.25) is 9.59 Å². The summed E-state index contributed by atoms with van der Waals surface area (Å²) in [6.07, 6.45) is 12.0. The Hall–Kier alpha value is -2.68. The van der Waals surface area contributed by atoms with Gasteiger partial charge in [-0.25, -0.2) is 0 Å². The Balaban J connectivity index is 1.76. The quantitative estimate of drug-likeness (QED) is 0.109. The summed E-state index contributed by atoms with van der Waals surface area (Å²) in [6.45, 7) is 6.53. The summed E-state index contributed by atoms with van der Waals surface area (Å²) in [4.78, 5) is 24.4. The minimum absolute atomic E-state index is 0.0751. The fraction of sp³-hybridized carbons (Fsp3) is 0.429. The third kappa shape index (κ3) is 9.33. The molecule has 0 heterocycles. The van der Waals surface area contributed by atoms with Crippen LogP contribution in [0.15, 0.2) is 54.6 Å². The number of unbranched alkanes of at least 4 members (excludes halogenated alkanes) is 6. The first-order valence-corrected chi connectivity index (χ1v) is 11.6. The maximum absolute atomic E-state index is 12.4. The zero-order chi connectivity index (χ0) is 22.5. The van der Waals surface area contributed by atoms with Crippen molar-refractivity contribution in [3.05, 3.63) is 71.3 Å². The van der Waals surface area contributed by atoms with Crippen LogP contribution in [0.4, 0.5) is 0 Å². The number of rotatable bonds is 13. The molecule has 31 heavy (non-hydrogen) atoms. The predicted octanol–water partition coefficient (Wildman–Crippen LogP) is 7.75. The molecule has 0 spiro atoms. The van der Waals surface area contributed by atoms with Crippen LogP contribution in [0.3, 0.4) is 0 Å². The smallest absolute Gasteiger partial charge is 0.311 e. The summed E-state index contributed by atoms with van der Waals surface area (Å²) in [5.74, 6) is 0.687. The summed E-state index contributed by atoms with van der Waals surface area (Å²) < 4.78 is 5.39. The minimum atomic E-state index is -0.211. The molecule has 2 aromatic carbocycles. The van der Waals surface area contributed by atoms with Crippen LogP contribution in [0.25, 0.3) is 6.08 Å². The zero-order valence-electron chi connectivity index (χ0n) is 19.2. The van der Waals surface area contributed by atoms with Gasteiger partial charge in [-0.15, -0.1) is 0 Å². The minimum Gasteiger partial charge on any atom is -0.427 e. The van der Waals surface area contributed by atoms with Crippen LogP contribution >= 0.6 is 0 Å². The molecule has 0 aliphatic carbocycles. The lowest BCUT2D eigenvalue weighted by molar-refractivity contribution is -0.134. The van der Waals surface area contributed by atoms with Crippen LogP contribution in [-0.2, 0) is 4.79 Å². The first-order chi connectivity index (χ1) is 15.0. The van der Waals surface area contributed by atoms with Gasteiger partial charge in [0.15, 0.2) is 5.78 Å². The molecule has 0 saturated heterocycles. The predicted molar refractivity (Wildman–Crippen MR) is 129 cm³/mol. The van der Waals surface area contributed by atoms with E-state index in [-0.39, 0.29) is 11.8 Å². The molecule has 0 N–H and O–H groups in total. The number of allylic oxidation sites excluding steroid dienone is 1. The Morgan fingerprint density at radius 1 is 0.839 bits per heavy atom. The Morgan fingerprint density at radius 2 is 1.45 bits per heavy atom. The average Bonchev–Trinajstić information content (AvgIpc) is 2.77. The summed E-state index contributed by atoms with van der Waals surface area (Å²) in [7, 11) is 0. The van der Waals surface area contributed by atoms with E-state index in [1.807, 2.05) is 18.2 Å². The number of carbonyl (C=O) groups is 2. The lowest BCUT2D eigenvalue weighted by Gasteiger charge is -2.05. The van der Waals surface area contributed by atoms with Gasteiger partial charge in [0.05, 0.1) is 0 Å². The highest BCUT2D eigenvalue weighted by molar-refractivity contribution is 6.06. The maximum atomic E-state index is 12.4.